The number of hydrogen-bond donors (Lipinski definition) is 0. The van der Waals surface area contributed by atoms with E-state index in [9.17, 15) is 4.79 Å². The monoisotopic (exact) mass is 406 g/mol. The van der Waals surface area contributed by atoms with Crippen LogP contribution in [0.15, 0.2) is 65.2 Å². The van der Waals surface area contributed by atoms with Crippen LogP contribution in [0.1, 0.15) is 15.9 Å². The Bertz CT molecular complexity index is 780. The van der Waals surface area contributed by atoms with Crippen LogP contribution in [0.2, 0.25) is 0 Å². The van der Waals surface area contributed by atoms with E-state index in [0.717, 1.165) is 10.0 Å². The van der Waals surface area contributed by atoms with Crippen LogP contribution >= 0.6 is 27.5 Å². The van der Waals surface area contributed by atoms with Gasteiger partial charge in [-0.3, -0.25) is 4.79 Å². The van der Waals surface area contributed by atoms with Crippen LogP contribution in [0.3, 0.4) is 0 Å². The minimum atomic E-state index is -0.175. The van der Waals surface area contributed by atoms with E-state index in [4.69, 9.17) is 21.1 Å². The van der Waals surface area contributed by atoms with E-state index >= 15 is 0 Å². The molecule has 5 heteroatoms. The first-order valence-electron chi connectivity index (χ1n) is 7.11. The molecule has 0 unspecified atom stereocenters. The Morgan fingerprint density at radius 1 is 1.08 bits per heavy atom. The minimum Gasteiger partial charge on any atom is -0.497 e. The number of benzene rings is 2. The Hall–Kier alpha value is -2.04. The van der Waals surface area contributed by atoms with Crippen molar-refractivity contribution in [2.75, 3.05) is 14.2 Å². The average molecular weight is 408 g/mol. The highest BCUT2D eigenvalue weighted by Crippen LogP contribution is 2.25. The molecule has 0 fully saturated rings. The van der Waals surface area contributed by atoms with Crippen molar-refractivity contribution in [3.05, 3.63) is 76.3 Å². The summed E-state index contributed by atoms with van der Waals surface area (Å²) >= 11 is 9.60. The van der Waals surface area contributed by atoms with Crippen molar-refractivity contribution in [2.45, 2.75) is 0 Å². The van der Waals surface area contributed by atoms with Crippen LogP contribution in [-0.4, -0.2) is 20.0 Å². The lowest BCUT2D eigenvalue weighted by atomic mass is 10.1. The second-order valence-corrected chi connectivity index (χ2v) is 6.13. The van der Waals surface area contributed by atoms with E-state index in [-0.39, 0.29) is 5.78 Å². The third-order valence-corrected chi connectivity index (χ3v) is 4.16. The molecule has 0 aliphatic heterocycles. The molecule has 0 saturated heterocycles. The van der Waals surface area contributed by atoms with Crippen LogP contribution in [0.4, 0.5) is 0 Å². The Kier molecular flexibility index (Phi) is 6.64. The summed E-state index contributed by atoms with van der Waals surface area (Å²) < 4.78 is 11.3. The van der Waals surface area contributed by atoms with Crippen LogP contribution in [-0.2, 0) is 0 Å². The van der Waals surface area contributed by atoms with E-state index in [1.165, 1.54) is 13.2 Å². The molecule has 2 aromatic rings. The molecule has 0 heterocycles. The van der Waals surface area contributed by atoms with Crippen LogP contribution in [0.5, 0.6) is 11.5 Å². The highest BCUT2D eigenvalue weighted by atomic mass is 79.9. The predicted molar refractivity (Wildman–Crippen MR) is 101 cm³/mol. The first-order valence-corrected chi connectivity index (χ1v) is 8.28. The number of ether oxygens (including phenoxy) is 2. The zero-order chi connectivity index (χ0) is 17.5. The van der Waals surface area contributed by atoms with Gasteiger partial charge in [-0.2, -0.15) is 0 Å². The zero-order valence-electron chi connectivity index (χ0n) is 13.3. The molecule has 3 nitrogen and oxygen atoms in total. The maximum Gasteiger partial charge on any atom is 0.189 e. The molecular formula is C19H16BrClO3. The van der Waals surface area contributed by atoms with Gasteiger partial charge < -0.3 is 9.47 Å². The fraction of sp³-hybridized carbons (Fsp3) is 0.105. The van der Waals surface area contributed by atoms with Gasteiger partial charge in [0, 0.05) is 15.6 Å². The molecule has 0 aliphatic rings. The van der Waals surface area contributed by atoms with Gasteiger partial charge in [0.1, 0.15) is 11.5 Å². The van der Waals surface area contributed by atoms with E-state index in [0.29, 0.717) is 22.1 Å². The second-order valence-electron chi connectivity index (χ2n) is 4.81. The molecule has 0 bridgehead atoms. The predicted octanol–water partition coefficient (Wildman–Crippen LogP) is 5.49. The van der Waals surface area contributed by atoms with E-state index in [2.05, 4.69) is 15.9 Å². The molecule has 2 aromatic carbocycles. The number of ketones is 1. The van der Waals surface area contributed by atoms with Crippen LogP contribution < -0.4 is 9.47 Å². The van der Waals surface area contributed by atoms with Gasteiger partial charge in [-0.15, -0.1) is 0 Å². The van der Waals surface area contributed by atoms with Crippen molar-refractivity contribution in [1.29, 1.82) is 0 Å². The summed E-state index contributed by atoms with van der Waals surface area (Å²) in [5.41, 5.74) is 1.33. The summed E-state index contributed by atoms with van der Waals surface area (Å²) in [6, 6.07) is 12.7. The first-order chi connectivity index (χ1) is 11.5. The fourth-order valence-electron chi connectivity index (χ4n) is 2.02. The third kappa shape index (κ3) is 4.73. The molecule has 0 radical (unpaired) electrons. The van der Waals surface area contributed by atoms with Crippen LogP contribution in [0, 0.1) is 0 Å². The standard InChI is InChI=1S/C19H16BrClO3/c1-23-15-10-11-16(19(12-15)24-2)18(22)5-3-4-17(21)13-6-8-14(20)9-7-13/h3-12H,1-2H3/b5-3+,17-4-. The van der Waals surface area contributed by atoms with Gasteiger partial charge in [-0.1, -0.05) is 45.7 Å². The highest BCUT2D eigenvalue weighted by Gasteiger charge is 2.10. The highest BCUT2D eigenvalue weighted by molar-refractivity contribution is 9.10. The normalized spacial score (nSPS) is 11.6. The van der Waals surface area contributed by atoms with Crippen molar-refractivity contribution in [3.8, 4) is 11.5 Å². The van der Waals surface area contributed by atoms with Gasteiger partial charge in [0.15, 0.2) is 5.78 Å². The van der Waals surface area contributed by atoms with Crippen molar-refractivity contribution < 1.29 is 14.3 Å². The summed E-state index contributed by atoms with van der Waals surface area (Å²) in [5.74, 6) is 0.920. The molecular weight excluding hydrogens is 392 g/mol. The minimum absolute atomic E-state index is 0.175. The molecule has 0 aromatic heterocycles. The third-order valence-electron chi connectivity index (χ3n) is 3.28. The van der Waals surface area contributed by atoms with Gasteiger partial charge in [-0.05, 0) is 42.0 Å². The summed E-state index contributed by atoms with van der Waals surface area (Å²) in [4.78, 5) is 12.3. The lowest BCUT2D eigenvalue weighted by Crippen LogP contribution is -1.99. The summed E-state index contributed by atoms with van der Waals surface area (Å²) in [7, 11) is 3.07. The largest absolute Gasteiger partial charge is 0.497 e. The first kappa shape index (κ1) is 18.3. The lowest BCUT2D eigenvalue weighted by molar-refractivity contribution is 0.104. The van der Waals surface area contributed by atoms with E-state index < -0.39 is 0 Å². The molecule has 2 rings (SSSR count). The molecule has 0 aliphatic carbocycles. The Labute approximate surface area is 154 Å². The summed E-state index contributed by atoms with van der Waals surface area (Å²) in [6.45, 7) is 0. The molecule has 0 spiro atoms. The average Bonchev–Trinajstić information content (AvgIpc) is 2.61. The number of carbonyl (C=O) groups excluding carboxylic acids is 1. The number of rotatable bonds is 6. The SMILES string of the molecule is COc1ccc(C(=O)/C=C/C=C(\Cl)c2ccc(Br)cc2)c(OC)c1. The van der Waals surface area contributed by atoms with Gasteiger partial charge >= 0.3 is 0 Å². The number of carbonyl (C=O) groups is 1. The molecule has 124 valence electrons. The van der Waals surface area contributed by atoms with Gasteiger partial charge in [0.2, 0.25) is 0 Å². The fourth-order valence-corrected chi connectivity index (χ4v) is 2.48. The Balaban J connectivity index is 2.15. The Morgan fingerprint density at radius 2 is 1.79 bits per heavy atom. The van der Waals surface area contributed by atoms with Crippen molar-refractivity contribution >= 4 is 38.3 Å². The summed E-state index contributed by atoms with van der Waals surface area (Å²) in [5, 5.41) is 0.549. The topological polar surface area (TPSA) is 35.5 Å². The van der Waals surface area contributed by atoms with Crippen LogP contribution in [0.25, 0.3) is 5.03 Å². The number of methoxy groups -OCH3 is 2. The second kappa shape index (κ2) is 8.71. The van der Waals surface area contributed by atoms with Gasteiger partial charge in [0.05, 0.1) is 19.8 Å². The maximum atomic E-state index is 12.3. The molecule has 24 heavy (non-hydrogen) atoms. The zero-order valence-corrected chi connectivity index (χ0v) is 15.6. The molecule has 0 N–H and O–H groups in total. The van der Waals surface area contributed by atoms with Gasteiger partial charge in [0.25, 0.3) is 0 Å². The quantitative estimate of drug-likeness (QED) is 0.361. The molecule has 0 amide bonds. The van der Waals surface area contributed by atoms with E-state index in [1.54, 1.807) is 37.5 Å². The number of hydrogen-bond acceptors (Lipinski definition) is 3. The molecule has 0 saturated carbocycles. The smallest absolute Gasteiger partial charge is 0.189 e. The lowest BCUT2D eigenvalue weighted by Gasteiger charge is -2.07. The number of halogens is 2. The van der Waals surface area contributed by atoms with Crippen molar-refractivity contribution in [1.82, 2.24) is 0 Å². The summed E-state index contributed by atoms with van der Waals surface area (Å²) in [6.07, 6.45) is 4.75. The van der Waals surface area contributed by atoms with E-state index in [1.807, 2.05) is 24.3 Å². The number of allylic oxidation sites excluding steroid dienone is 3. The van der Waals surface area contributed by atoms with Gasteiger partial charge in [-0.25, -0.2) is 0 Å². The van der Waals surface area contributed by atoms with Crippen molar-refractivity contribution in [2.24, 2.45) is 0 Å². The Morgan fingerprint density at radius 3 is 2.42 bits per heavy atom. The van der Waals surface area contributed by atoms with Crippen molar-refractivity contribution in [3.63, 3.8) is 0 Å². The maximum absolute atomic E-state index is 12.3. The molecule has 0 atom stereocenters.